The van der Waals surface area contributed by atoms with Crippen molar-refractivity contribution >= 4 is 16.7 Å². The van der Waals surface area contributed by atoms with Crippen molar-refractivity contribution in [3.8, 4) is 0 Å². The van der Waals surface area contributed by atoms with Crippen molar-refractivity contribution in [3.63, 3.8) is 0 Å². The summed E-state index contributed by atoms with van der Waals surface area (Å²) in [6.07, 6.45) is 3.34. The Bertz CT molecular complexity index is 499. The summed E-state index contributed by atoms with van der Waals surface area (Å²) in [4.78, 5) is 11.4. The molecular formula is C10H8N2O. The fourth-order valence-corrected chi connectivity index (χ4v) is 1.89. The minimum Gasteiger partial charge on any atom is -0.294 e. The molecule has 1 aliphatic rings. The van der Waals surface area contributed by atoms with Crippen LogP contribution in [-0.2, 0) is 6.42 Å². The molecule has 1 aromatic carbocycles. The normalized spacial score (nSPS) is 15.2. The van der Waals surface area contributed by atoms with Crippen molar-refractivity contribution in [2.45, 2.75) is 12.8 Å². The van der Waals surface area contributed by atoms with Crippen LogP contribution in [0.4, 0.5) is 0 Å². The number of aromatic amines is 1. The van der Waals surface area contributed by atoms with Gasteiger partial charge in [-0.05, 0) is 24.1 Å². The van der Waals surface area contributed by atoms with Crippen LogP contribution in [0.5, 0.6) is 0 Å². The minimum absolute atomic E-state index is 0.256. The molecule has 0 saturated heterocycles. The third-order valence-electron chi connectivity index (χ3n) is 2.59. The van der Waals surface area contributed by atoms with E-state index in [2.05, 4.69) is 16.3 Å². The van der Waals surface area contributed by atoms with E-state index in [1.54, 1.807) is 6.20 Å². The van der Waals surface area contributed by atoms with Crippen LogP contribution in [0.15, 0.2) is 18.3 Å². The Morgan fingerprint density at radius 2 is 2.23 bits per heavy atom. The highest BCUT2D eigenvalue weighted by Gasteiger charge is 2.19. The Morgan fingerprint density at radius 3 is 3.15 bits per heavy atom. The molecule has 0 spiro atoms. The third-order valence-corrected chi connectivity index (χ3v) is 2.59. The van der Waals surface area contributed by atoms with Gasteiger partial charge in [0, 0.05) is 17.4 Å². The SMILES string of the molecule is O=C1CCc2cc3cn[nH]c3cc21. The number of hydrogen-bond donors (Lipinski definition) is 1. The van der Waals surface area contributed by atoms with Crippen molar-refractivity contribution in [3.05, 3.63) is 29.5 Å². The van der Waals surface area contributed by atoms with Gasteiger partial charge in [-0.2, -0.15) is 5.10 Å². The third kappa shape index (κ3) is 0.840. The van der Waals surface area contributed by atoms with Crippen LogP contribution in [0.25, 0.3) is 10.9 Å². The molecule has 0 radical (unpaired) electrons. The fraction of sp³-hybridized carbons (Fsp3) is 0.200. The highest BCUT2D eigenvalue weighted by atomic mass is 16.1. The zero-order chi connectivity index (χ0) is 8.84. The van der Waals surface area contributed by atoms with E-state index in [0.717, 1.165) is 22.9 Å². The van der Waals surface area contributed by atoms with Crippen LogP contribution in [0.2, 0.25) is 0 Å². The van der Waals surface area contributed by atoms with Crippen LogP contribution in [0.3, 0.4) is 0 Å². The molecule has 3 heteroatoms. The van der Waals surface area contributed by atoms with Gasteiger partial charge < -0.3 is 0 Å². The molecule has 1 N–H and O–H groups in total. The number of aryl methyl sites for hydroxylation is 1. The number of H-pyrrole nitrogens is 1. The molecule has 0 bridgehead atoms. The molecule has 1 aliphatic carbocycles. The van der Waals surface area contributed by atoms with Gasteiger partial charge in [-0.25, -0.2) is 0 Å². The topological polar surface area (TPSA) is 45.8 Å². The molecule has 1 heterocycles. The van der Waals surface area contributed by atoms with E-state index in [9.17, 15) is 4.79 Å². The maximum absolute atomic E-state index is 11.4. The lowest BCUT2D eigenvalue weighted by molar-refractivity contribution is 0.0994. The number of nitrogens with one attached hydrogen (secondary N) is 1. The van der Waals surface area contributed by atoms with Crippen molar-refractivity contribution in [1.29, 1.82) is 0 Å². The van der Waals surface area contributed by atoms with Gasteiger partial charge in [-0.15, -0.1) is 0 Å². The zero-order valence-electron chi connectivity index (χ0n) is 7.00. The highest BCUT2D eigenvalue weighted by Crippen LogP contribution is 2.25. The number of aromatic nitrogens is 2. The first-order valence-corrected chi connectivity index (χ1v) is 4.34. The lowest BCUT2D eigenvalue weighted by Crippen LogP contribution is -1.90. The van der Waals surface area contributed by atoms with Crippen LogP contribution in [0.1, 0.15) is 22.3 Å². The van der Waals surface area contributed by atoms with Gasteiger partial charge in [0.1, 0.15) is 0 Å². The number of rotatable bonds is 0. The Labute approximate surface area is 74.8 Å². The van der Waals surface area contributed by atoms with Crippen LogP contribution in [0, 0.1) is 0 Å². The average Bonchev–Trinajstić information content (AvgIpc) is 2.70. The van der Waals surface area contributed by atoms with Crippen molar-refractivity contribution < 1.29 is 4.79 Å². The van der Waals surface area contributed by atoms with E-state index in [0.29, 0.717) is 6.42 Å². The molecule has 1 aromatic heterocycles. The number of hydrogen-bond acceptors (Lipinski definition) is 2. The summed E-state index contributed by atoms with van der Waals surface area (Å²) < 4.78 is 0. The second kappa shape index (κ2) is 2.19. The second-order valence-electron chi connectivity index (χ2n) is 3.39. The molecule has 3 rings (SSSR count). The maximum atomic E-state index is 11.4. The zero-order valence-corrected chi connectivity index (χ0v) is 7.00. The van der Waals surface area contributed by atoms with Gasteiger partial charge >= 0.3 is 0 Å². The number of benzene rings is 1. The molecule has 0 unspecified atom stereocenters. The number of fused-ring (bicyclic) bond motifs is 2. The first-order chi connectivity index (χ1) is 6.34. The summed E-state index contributed by atoms with van der Waals surface area (Å²) in [6, 6.07) is 3.96. The minimum atomic E-state index is 0.256. The number of carbonyl (C=O) groups is 1. The Balaban J connectivity index is 2.40. The highest BCUT2D eigenvalue weighted by molar-refractivity contribution is 6.03. The Kier molecular flexibility index (Phi) is 1.15. The van der Waals surface area contributed by atoms with E-state index < -0.39 is 0 Å². The maximum Gasteiger partial charge on any atom is 0.163 e. The lowest BCUT2D eigenvalue weighted by atomic mass is 10.1. The van der Waals surface area contributed by atoms with Gasteiger partial charge in [0.15, 0.2) is 5.78 Å². The quantitative estimate of drug-likeness (QED) is 0.657. The average molecular weight is 172 g/mol. The number of carbonyl (C=O) groups excluding carboxylic acids is 1. The number of Topliss-reactive ketones (excluding diaryl/α,β-unsaturated/α-hetero) is 1. The molecular weight excluding hydrogens is 164 g/mol. The number of nitrogens with zero attached hydrogens (tertiary/aromatic N) is 1. The van der Waals surface area contributed by atoms with Gasteiger partial charge in [0.05, 0.1) is 11.7 Å². The first-order valence-electron chi connectivity index (χ1n) is 4.34. The molecule has 0 aliphatic heterocycles. The predicted octanol–water partition coefficient (Wildman–Crippen LogP) is 1.69. The number of ketones is 1. The second-order valence-corrected chi connectivity index (χ2v) is 3.39. The Morgan fingerprint density at radius 1 is 1.31 bits per heavy atom. The van der Waals surface area contributed by atoms with Crippen molar-refractivity contribution in [2.24, 2.45) is 0 Å². The van der Waals surface area contributed by atoms with E-state index >= 15 is 0 Å². The first kappa shape index (κ1) is 6.83. The summed E-state index contributed by atoms with van der Waals surface area (Å²) >= 11 is 0. The molecule has 64 valence electrons. The summed E-state index contributed by atoms with van der Waals surface area (Å²) in [7, 11) is 0. The van der Waals surface area contributed by atoms with E-state index in [-0.39, 0.29) is 5.78 Å². The molecule has 0 amide bonds. The van der Waals surface area contributed by atoms with Crippen molar-refractivity contribution in [1.82, 2.24) is 10.2 Å². The summed E-state index contributed by atoms with van der Waals surface area (Å²) in [6.45, 7) is 0. The van der Waals surface area contributed by atoms with Gasteiger partial charge in [-0.3, -0.25) is 9.89 Å². The molecule has 0 saturated carbocycles. The van der Waals surface area contributed by atoms with E-state index in [1.165, 1.54) is 5.56 Å². The summed E-state index contributed by atoms with van der Waals surface area (Å²) in [5, 5.41) is 7.89. The van der Waals surface area contributed by atoms with Crippen LogP contribution in [-0.4, -0.2) is 16.0 Å². The molecule has 2 aromatic rings. The molecule has 0 atom stereocenters. The summed E-state index contributed by atoms with van der Waals surface area (Å²) in [5.41, 5.74) is 2.99. The van der Waals surface area contributed by atoms with Crippen LogP contribution >= 0.6 is 0 Å². The smallest absolute Gasteiger partial charge is 0.163 e. The van der Waals surface area contributed by atoms with Gasteiger partial charge in [0.2, 0.25) is 0 Å². The van der Waals surface area contributed by atoms with Gasteiger partial charge in [-0.1, -0.05) is 0 Å². The monoisotopic (exact) mass is 172 g/mol. The van der Waals surface area contributed by atoms with Crippen molar-refractivity contribution in [2.75, 3.05) is 0 Å². The van der Waals surface area contributed by atoms with Crippen LogP contribution < -0.4 is 0 Å². The standard InChI is InChI=1S/C10H8N2O/c13-10-2-1-6-3-7-5-11-12-9(7)4-8(6)10/h3-5H,1-2H2,(H,11,12). The molecule has 13 heavy (non-hydrogen) atoms. The van der Waals surface area contributed by atoms with E-state index in [4.69, 9.17) is 0 Å². The molecule has 3 nitrogen and oxygen atoms in total. The predicted molar refractivity (Wildman–Crippen MR) is 48.7 cm³/mol. The summed E-state index contributed by atoms with van der Waals surface area (Å²) in [5.74, 6) is 0.256. The lowest BCUT2D eigenvalue weighted by Gasteiger charge is -1.96. The molecule has 0 fully saturated rings. The fourth-order valence-electron chi connectivity index (χ4n) is 1.89. The Hall–Kier alpha value is -1.64. The largest absolute Gasteiger partial charge is 0.294 e. The van der Waals surface area contributed by atoms with E-state index in [1.807, 2.05) is 6.07 Å². The van der Waals surface area contributed by atoms with Gasteiger partial charge in [0.25, 0.3) is 0 Å².